The third kappa shape index (κ3) is 11.6. The molecule has 1 unspecified atom stereocenters. The molecule has 0 saturated heterocycles. The average Bonchev–Trinajstić information content (AvgIpc) is 2.68. The number of carbonyl (C=O) groups excluding carboxylic acids is 4. The average molecular weight is 482 g/mol. The molecule has 0 radical (unpaired) electrons. The van der Waals surface area contributed by atoms with Gasteiger partial charge >= 0.3 is 31.5 Å². The summed E-state index contributed by atoms with van der Waals surface area (Å²) in [6.45, 7) is 8.30. The molecule has 0 amide bonds. The largest absolute Gasteiger partial charge is 0.469 e. The lowest BCUT2D eigenvalue weighted by Gasteiger charge is -2.24. The molecule has 0 rings (SSSR count). The fraction of sp³-hybridized carbons (Fsp3) is 0.800. The lowest BCUT2D eigenvalue weighted by molar-refractivity contribution is -0.162. The van der Waals surface area contributed by atoms with Gasteiger partial charge in [0.15, 0.2) is 0 Å². The number of carbonyl (C=O) groups is 4. The maximum absolute atomic E-state index is 13.3. The Morgan fingerprint density at radius 2 is 1.22 bits per heavy atom. The van der Waals surface area contributed by atoms with Gasteiger partial charge in [0.25, 0.3) is 0 Å². The number of methoxy groups -OCH3 is 2. The van der Waals surface area contributed by atoms with Crippen LogP contribution in [0.15, 0.2) is 0 Å². The number of hydrogen-bond acceptors (Lipinski definition) is 11. The van der Waals surface area contributed by atoms with Gasteiger partial charge in [-0.1, -0.05) is 0 Å². The van der Waals surface area contributed by atoms with Gasteiger partial charge in [-0.05, 0) is 48.0 Å². The van der Waals surface area contributed by atoms with Crippen molar-refractivity contribution in [3.63, 3.8) is 0 Å². The summed E-state index contributed by atoms with van der Waals surface area (Å²) in [6, 6.07) is 0. The highest BCUT2D eigenvalue weighted by atomic mass is 31.2. The van der Waals surface area contributed by atoms with E-state index >= 15 is 0 Å². The van der Waals surface area contributed by atoms with Gasteiger partial charge in [0.2, 0.25) is 13.6 Å². The second-order valence-corrected chi connectivity index (χ2v) is 11.1. The minimum absolute atomic E-state index is 0.0559. The van der Waals surface area contributed by atoms with E-state index in [9.17, 15) is 23.7 Å². The summed E-state index contributed by atoms with van der Waals surface area (Å²) in [5.41, 5.74) is -1.66. The van der Waals surface area contributed by atoms with E-state index < -0.39 is 68.0 Å². The number of rotatable bonds is 12. The Morgan fingerprint density at radius 1 is 0.781 bits per heavy atom. The van der Waals surface area contributed by atoms with Gasteiger partial charge in [0.05, 0.1) is 37.1 Å². The second kappa shape index (κ2) is 12.9. The molecule has 0 aromatic carbocycles. The van der Waals surface area contributed by atoms with Crippen molar-refractivity contribution in [2.45, 2.75) is 54.4 Å². The third-order valence-electron chi connectivity index (χ3n) is 4.01. The van der Waals surface area contributed by atoms with Gasteiger partial charge in [-0.15, -0.1) is 0 Å². The smallest absolute Gasteiger partial charge is 0.337 e. The van der Waals surface area contributed by atoms with Crippen molar-refractivity contribution < 1.29 is 51.7 Å². The summed E-state index contributed by atoms with van der Waals surface area (Å²) in [6.07, 6.45) is -0.704. The molecule has 0 heterocycles. The molecule has 0 fully saturated rings. The summed E-state index contributed by atoms with van der Waals surface area (Å²) in [5, 5.41) is 0. The molecule has 0 bridgehead atoms. The Hall–Kier alpha value is -1.97. The monoisotopic (exact) mass is 482 g/mol. The summed E-state index contributed by atoms with van der Waals surface area (Å²) >= 11 is 0. The molecule has 32 heavy (non-hydrogen) atoms. The molecule has 0 spiro atoms. The molecule has 186 valence electrons. The molecule has 0 N–H and O–H groups in total. The Balaban J connectivity index is 5.38. The van der Waals surface area contributed by atoms with Crippen molar-refractivity contribution in [2.75, 3.05) is 34.0 Å². The quantitative estimate of drug-likeness (QED) is 0.175. The first-order valence-electron chi connectivity index (χ1n) is 9.93. The van der Waals surface area contributed by atoms with Crippen LogP contribution in [0.1, 0.15) is 54.4 Å². The molecule has 0 aliphatic carbocycles. The van der Waals surface area contributed by atoms with E-state index in [2.05, 4.69) is 4.74 Å². The molecule has 11 nitrogen and oxygen atoms in total. The first-order valence-corrected chi connectivity index (χ1v) is 11.7. The van der Waals surface area contributed by atoms with E-state index in [1.54, 1.807) is 41.5 Å². The van der Waals surface area contributed by atoms with Gasteiger partial charge in [0.1, 0.15) is 0 Å². The van der Waals surface area contributed by atoms with Gasteiger partial charge < -0.3 is 18.9 Å². The Morgan fingerprint density at radius 3 is 1.56 bits per heavy atom. The highest BCUT2D eigenvalue weighted by Crippen LogP contribution is 2.50. The van der Waals surface area contributed by atoms with Crippen LogP contribution in [0.4, 0.5) is 0 Å². The van der Waals surface area contributed by atoms with Crippen molar-refractivity contribution >= 4 is 31.5 Å². The molecular weight excluding hydrogens is 447 g/mol. The Labute approximate surface area is 188 Å². The zero-order valence-electron chi connectivity index (χ0n) is 20.1. The van der Waals surface area contributed by atoms with Gasteiger partial charge in [-0.25, -0.2) is 0 Å². The van der Waals surface area contributed by atoms with Crippen LogP contribution in [0.25, 0.3) is 0 Å². The van der Waals surface area contributed by atoms with Crippen LogP contribution in [0.2, 0.25) is 0 Å². The topological polar surface area (TPSA) is 141 Å². The second-order valence-electron chi connectivity index (χ2n) is 8.99. The van der Waals surface area contributed by atoms with Crippen LogP contribution >= 0.6 is 7.60 Å². The lowest BCUT2D eigenvalue weighted by Crippen LogP contribution is -2.26. The van der Waals surface area contributed by atoms with E-state index in [4.69, 9.17) is 23.3 Å². The van der Waals surface area contributed by atoms with Gasteiger partial charge in [0, 0.05) is 6.42 Å². The Bertz CT molecular complexity index is 667. The minimum Gasteiger partial charge on any atom is -0.469 e. The molecular formula is C20H35O11P. The Kier molecular flexibility index (Phi) is 12.1. The summed E-state index contributed by atoms with van der Waals surface area (Å²) in [7, 11) is -1.81. The van der Waals surface area contributed by atoms with Crippen LogP contribution in [0, 0.1) is 16.7 Å². The maximum atomic E-state index is 13.3. The first-order chi connectivity index (χ1) is 14.6. The molecule has 0 saturated carbocycles. The fourth-order valence-corrected chi connectivity index (χ4v) is 3.59. The molecule has 0 aliphatic rings. The van der Waals surface area contributed by atoms with Crippen LogP contribution in [-0.4, -0.2) is 57.8 Å². The van der Waals surface area contributed by atoms with Crippen molar-refractivity contribution in [1.29, 1.82) is 0 Å². The van der Waals surface area contributed by atoms with Crippen LogP contribution < -0.4 is 0 Å². The number of ether oxygens (including phenoxy) is 4. The van der Waals surface area contributed by atoms with E-state index in [0.29, 0.717) is 0 Å². The third-order valence-corrected chi connectivity index (χ3v) is 5.89. The van der Waals surface area contributed by atoms with Crippen molar-refractivity contribution in [2.24, 2.45) is 16.7 Å². The minimum atomic E-state index is -4.14. The SMILES string of the molecule is COC(=O)CCC(CP(=O)(OCOC(=O)C(C)(C)C)OCOC(=O)C(C)(C)C)C(=O)OC. The summed E-state index contributed by atoms with van der Waals surface area (Å²) in [5.74, 6) is -3.60. The van der Waals surface area contributed by atoms with E-state index in [1.807, 2.05) is 0 Å². The predicted molar refractivity (Wildman–Crippen MR) is 112 cm³/mol. The molecule has 0 aliphatic heterocycles. The lowest BCUT2D eigenvalue weighted by atomic mass is 9.98. The highest BCUT2D eigenvalue weighted by Gasteiger charge is 2.36. The number of hydrogen-bond donors (Lipinski definition) is 0. The fourth-order valence-electron chi connectivity index (χ4n) is 2.01. The summed E-state index contributed by atoms with van der Waals surface area (Å²) < 4.78 is 42.8. The number of esters is 4. The van der Waals surface area contributed by atoms with Crippen molar-refractivity contribution in [1.82, 2.24) is 0 Å². The van der Waals surface area contributed by atoms with Crippen molar-refractivity contribution in [3.8, 4) is 0 Å². The molecule has 1 atom stereocenters. The molecule has 0 aromatic rings. The highest BCUT2D eigenvalue weighted by molar-refractivity contribution is 7.53. The van der Waals surface area contributed by atoms with Gasteiger partial charge in [-0.2, -0.15) is 0 Å². The van der Waals surface area contributed by atoms with Crippen LogP contribution in [-0.2, 0) is 51.7 Å². The molecule has 12 heteroatoms. The first kappa shape index (κ1) is 30.0. The van der Waals surface area contributed by atoms with E-state index in [0.717, 1.165) is 7.11 Å². The van der Waals surface area contributed by atoms with E-state index in [-0.39, 0.29) is 12.8 Å². The van der Waals surface area contributed by atoms with Crippen LogP contribution in [0.3, 0.4) is 0 Å². The van der Waals surface area contributed by atoms with E-state index in [1.165, 1.54) is 7.11 Å². The zero-order valence-corrected chi connectivity index (χ0v) is 20.9. The maximum Gasteiger partial charge on any atom is 0.337 e. The summed E-state index contributed by atoms with van der Waals surface area (Å²) in [4.78, 5) is 47.4. The molecule has 0 aromatic heterocycles. The zero-order chi connectivity index (χ0) is 25.2. The predicted octanol–water partition coefficient (Wildman–Crippen LogP) is 3.05. The normalized spacial score (nSPS) is 13.1. The van der Waals surface area contributed by atoms with Gasteiger partial charge in [-0.3, -0.25) is 32.8 Å². The van der Waals surface area contributed by atoms with Crippen molar-refractivity contribution in [3.05, 3.63) is 0 Å². The van der Waals surface area contributed by atoms with Crippen LogP contribution in [0.5, 0.6) is 0 Å². The standard InChI is InChI=1S/C20H35O11P/c1-19(2,3)17(23)28-12-30-32(25,31-13-29-18(24)20(4,5)6)11-14(16(22)27-8)9-10-15(21)26-7/h14H,9-13H2,1-8H3.